The lowest BCUT2D eigenvalue weighted by Crippen LogP contribution is -2.47. The highest BCUT2D eigenvalue weighted by Gasteiger charge is 2.32. The van der Waals surface area contributed by atoms with Crippen LogP contribution in [0, 0.1) is 0 Å². The zero-order chi connectivity index (χ0) is 14.5. The number of rotatable bonds is 4. The first-order valence-electron chi connectivity index (χ1n) is 5.65. The second-order valence-electron chi connectivity index (χ2n) is 3.81. The van der Waals surface area contributed by atoms with Crippen LogP contribution >= 0.6 is 23.4 Å². The van der Waals surface area contributed by atoms with E-state index >= 15 is 0 Å². The van der Waals surface area contributed by atoms with Gasteiger partial charge in [0.25, 0.3) is 0 Å². The minimum absolute atomic E-state index is 0.176. The molecule has 2 amide bonds. The van der Waals surface area contributed by atoms with E-state index < -0.39 is 6.03 Å². The van der Waals surface area contributed by atoms with Gasteiger partial charge in [-0.05, 0) is 12.1 Å². The third-order valence-corrected chi connectivity index (χ3v) is 3.94. The molecule has 1 atom stereocenters. The molecule has 1 unspecified atom stereocenters. The molecule has 6 nitrogen and oxygen atoms in total. The molecule has 0 bridgehead atoms. The number of amides is 2. The molecular formula is C12H12ClN3O3S. The summed E-state index contributed by atoms with van der Waals surface area (Å²) >= 11 is 7.28. The Labute approximate surface area is 124 Å². The van der Waals surface area contributed by atoms with E-state index in [0.29, 0.717) is 17.1 Å². The molecule has 0 aliphatic carbocycles. The number of nitrogens with one attached hydrogen (secondary N) is 1. The molecule has 3 N–H and O–H groups in total. The maximum absolute atomic E-state index is 11.7. The summed E-state index contributed by atoms with van der Waals surface area (Å²) in [6.45, 7) is 0.176. The van der Waals surface area contributed by atoms with Crippen molar-refractivity contribution in [2.45, 2.75) is 5.37 Å². The van der Waals surface area contributed by atoms with Crippen LogP contribution in [0.3, 0.4) is 0 Å². The van der Waals surface area contributed by atoms with Crippen molar-refractivity contribution in [2.24, 2.45) is 5.84 Å². The van der Waals surface area contributed by atoms with Crippen molar-refractivity contribution in [3.8, 4) is 5.75 Å². The third-order valence-electron chi connectivity index (χ3n) is 2.59. The molecule has 1 heterocycles. The predicted molar refractivity (Wildman–Crippen MR) is 77.0 cm³/mol. The molecule has 1 aliphatic heterocycles. The van der Waals surface area contributed by atoms with E-state index in [0.717, 1.165) is 0 Å². The van der Waals surface area contributed by atoms with E-state index in [1.807, 2.05) is 5.43 Å². The maximum Gasteiger partial charge on any atom is 0.337 e. The van der Waals surface area contributed by atoms with Crippen molar-refractivity contribution >= 4 is 35.7 Å². The van der Waals surface area contributed by atoms with Crippen molar-refractivity contribution in [3.05, 3.63) is 40.4 Å². The molecule has 0 saturated heterocycles. The number of hydrogen-bond acceptors (Lipinski definition) is 5. The van der Waals surface area contributed by atoms with Gasteiger partial charge in [0.2, 0.25) is 0 Å². The molecule has 106 valence electrons. The van der Waals surface area contributed by atoms with E-state index in [9.17, 15) is 9.59 Å². The number of benzene rings is 1. The number of ether oxygens (including phenoxy) is 1. The topological polar surface area (TPSA) is 84.7 Å². The van der Waals surface area contributed by atoms with Crippen LogP contribution in [0.1, 0.15) is 0 Å². The lowest BCUT2D eigenvalue weighted by Gasteiger charge is -2.24. The van der Waals surface area contributed by atoms with Crippen LogP contribution in [0.4, 0.5) is 4.79 Å². The third kappa shape index (κ3) is 3.06. The molecule has 0 saturated carbocycles. The number of hydrazine groups is 1. The Bertz CT molecular complexity index is 553. The summed E-state index contributed by atoms with van der Waals surface area (Å²) in [5.74, 6) is 5.62. The summed E-state index contributed by atoms with van der Waals surface area (Å²) in [4.78, 5) is 23.8. The van der Waals surface area contributed by atoms with Crippen LogP contribution in [0.15, 0.2) is 35.4 Å². The number of nitrogens with two attached hydrogens (primary N) is 1. The summed E-state index contributed by atoms with van der Waals surface area (Å²) in [6.07, 6.45) is 0.595. The van der Waals surface area contributed by atoms with Gasteiger partial charge in [-0.3, -0.25) is 15.1 Å². The largest absolute Gasteiger partial charge is 0.489 e. The van der Waals surface area contributed by atoms with Gasteiger partial charge in [0, 0.05) is 5.41 Å². The Hall–Kier alpha value is -1.70. The number of nitrogens with zero attached hydrogens (tertiary/aromatic N) is 1. The molecule has 1 aromatic rings. The Kier molecular flexibility index (Phi) is 4.89. The average Bonchev–Trinajstić information content (AvgIpc) is 2.88. The first-order chi connectivity index (χ1) is 9.67. The number of thioether (sulfide) groups is 1. The fourth-order valence-corrected chi connectivity index (χ4v) is 2.81. The molecular weight excluding hydrogens is 302 g/mol. The Morgan fingerprint density at radius 1 is 1.55 bits per heavy atom. The highest BCUT2D eigenvalue weighted by molar-refractivity contribution is 8.03. The van der Waals surface area contributed by atoms with Gasteiger partial charge in [-0.15, -0.1) is 11.8 Å². The van der Waals surface area contributed by atoms with Crippen molar-refractivity contribution in [2.75, 3.05) is 6.61 Å². The number of carbonyl (C=O) groups is 2. The molecule has 0 fully saturated rings. The Morgan fingerprint density at radius 3 is 2.95 bits per heavy atom. The standard InChI is InChI=1S/C12H12ClN3O3S/c13-9-3-1-2-4-10(9)19-6-11-16(12(18)15-14)8(5-17)7-20-11/h1-5,7,11H,6,14H2,(H,15,18). The fourth-order valence-electron chi connectivity index (χ4n) is 1.67. The van der Waals surface area contributed by atoms with Crippen LogP contribution in [0.25, 0.3) is 0 Å². The summed E-state index contributed by atoms with van der Waals surface area (Å²) < 4.78 is 5.57. The quantitative estimate of drug-likeness (QED) is 0.383. The lowest BCUT2D eigenvalue weighted by atomic mass is 10.3. The molecule has 1 aromatic carbocycles. The minimum Gasteiger partial charge on any atom is -0.489 e. The highest BCUT2D eigenvalue weighted by Crippen LogP contribution is 2.31. The SMILES string of the molecule is NNC(=O)N1C(C=O)=CSC1COc1ccccc1Cl. The smallest absolute Gasteiger partial charge is 0.337 e. The minimum atomic E-state index is -0.568. The van der Waals surface area contributed by atoms with Crippen LogP contribution in [0.5, 0.6) is 5.75 Å². The van der Waals surface area contributed by atoms with E-state index in [2.05, 4.69) is 0 Å². The number of aldehydes is 1. The maximum atomic E-state index is 11.7. The molecule has 2 rings (SSSR count). The van der Waals surface area contributed by atoms with E-state index in [-0.39, 0.29) is 17.7 Å². The molecule has 0 radical (unpaired) electrons. The number of urea groups is 1. The molecule has 1 aliphatic rings. The molecule has 0 spiro atoms. The van der Waals surface area contributed by atoms with Gasteiger partial charge >= 0.3 is 6.03 Å². The molecule has 8 heteroatoms. The number of para-hydroxylation sites is 1. The van der Waals surface area contributed by atoms with E-state index in [1.54, 1.807) is 29.7 Å². The van der Waals surface area contributed by atoms with Crippen molar-refractivity contribution in [1.82, 2.24) is 10.3 Å². The number of halogens is 1. The first kappa shape index (κ1) is 14.7. The highest BCUT2D eigenvalue weighted by atomic mass is 35.5. The van der Waals surface area contributed by atoms with Crippen molar-refractivity contribution in [1.29, 1.82) is 0 Å². The number of carbonyl (C=O) groups excluding carboxylic acids is 2. The van der Waals surface area contributed by atoms with Gasteiger partial charge in [0.05, 0.1) is 10.7 Å². The van der Waals surface area contributed by atoms with Gasteiger partial charge in [0.15, 0.2) is 6.29 Å². The summed E-state index contributed by atoms with van der Waals surface area (Å²) in [7, 11) is 0. The van der Waals surface area contributed by atoms with Gasteiger partial charge in [-0.1, -0.05) is 23.7 Å². The summed E-state index contributed by atoms with van der Waals surface area (Å²) in [5, 5.41) is 1.69. The molecule has 0 aromatic heterocycles. The Balaban J connectivity index is 2.04. The average molecular weight is 314 g/mol. The van der Waals surface area contributed by atoms with Gasteiger partial charge in [-0.25, -0.2) is 10.6 Å². The van der Waals surface area contributed by atoms with E-state index in [1.165, 1.54) is 16.7 Å². The summed E-state index contributed by atoms with van der Waals surface area (Å²) in [6, 6.07) is 6.45. The number of allylic oxidation sites excluding steroid dienone is 1. The normalized spacial score (nSPS) is 17.6. The van der Waals surface area contributed by atoms with E-state index in [4.69, 9.17) is 22.2 Å². The monoisotopic (exact) mass is 313 g/mol. The van der Waals surface area contributed by atoms with Crippen LogP contribution in [-0.4, -0.2) is 29.2 Å². The van der Waals surface area contributed by atoms with Crippen LogP contribution in [0.2, 0.25) is 5.02 Å². The number of hydrogen-bond donors (Lipinski definition) is 2. The second-order valence-corrected chi connectivity index (χ2v) is 5.27. The van der Waals surface area contributed by atoms with Crippen LogP contribution in [-0.2, 0) is 4.79 Å². The first-order valence-corrected chi connectivity index (χ1v) is 6.97. The van der Waals surface area contributed by atoms with Gasteiger partial charge in [-0.2, -0.15) is 0 Å². The van der Waals surface area contributed by atoms with Crippen LogP contribution < -0.4 is 16.0 Å². The second kappa shape index (κ2) is 6.65. The zero-order valence-corrected chi connectivity index (χ0v) is 11.9. The Morgan fingerprint density at radius 2 is 2.30 bits per heavy atom. The van der Waals surface area contributed by atoms with Gasteiger partial charge < -0.3 is 4.74 Å². The molecule has 20 heavy (non-hydrogen) atoms. The van der Waals surface area contributed by atoms with Crippen molar-refractivity contribution in [3.63, 3.8) is 0 Å². The summed E-state index contributed by atoms with van der Waals surface area (Å²) in [5.41, 5.74) is 2.24. The zero-order valence-electron chi connectivity index (χ0n) is 10.3. The fraction of sp³-hybridized carbons (Fsp3) is 0.167. The van der Waals surface area contributed by atoms with Gasteiger partial charge in [0.1, 0.15) is 17.7 Å². The van der Waals surface area contributed by atoms with Crippen molar-refractivity contribution < 1.29 is 14.3 Å². The lowest BCUT2D eigenvalue weighted by molar-refractivity contribution is -0.106. The predicted octanol–water partition coefficient (Wildman–Crippen LogP) is 1.72.